The molecular formula is C23H18Cl2F4N2O3S. The summed E-state index contributed by atoms with van der Waals surface area (Å²) >= 11 is 11.9. The number of rotatable bonds is 7. The molecule has 0 aliphatic rings. The average Bonchev–Trinajstić information content (AvgIpc) is 2.76. The summed E-state index contributed by atoms with van der Waals surface area (Å²) in [5.41, 5.74) is -0.667. The van der Waals surface area contributed by atoms with Crippen molar-refractivity contribution in [3.05, 3.63) is 93.2 Å². The van der Waals surface area contributed by atoms with Gasteiger partial charge in [0.05, 0.1) is 27.0 Å². The van der Waals surface area contributed by atoms with Crippen LogP contribution in [-0.2, 0) is 27.5 Å². The van der Waals surface area contributed by atoms with Crippen molar-refractivity contribution in [1.82, 2.24) is 4.31 Å². The van der Waals surface area contributed by atoms with Crippen molar-refractivity contribution >= 4 is 44.8 Å². The van der Waals surface area contributed by atoms with E-state index in [1.54, 1.807) is 19.1 Å². The highest BCUT2D eigenvalue weighted by atomic mass is 35.5. The van der Waals surface area contributed by atoms with Gasteiger partial charge in [-0.05, 0) is 55.0 Å². The van der Waals surface area contributed by atoms with Gasteiger partial charge in [-0.25, -0.2) is 12.8 Å². The molecule has 0 saturated heterocycles. The first-order valence-corrected chi connectivity index (χ1v) is 12.1. The molecule has 1 amide bonds. The Kier molecular flexibility index (Phi) is 8.10. The van der Waals surface area contributed by atoms with Crippen LogP contribution in [-0.4, -0.2) is 25.2 Å². The quantitative estimate of drug-likeness (QED) is 0.353. The minimum absolute atomic E-state index is 0.0860. The molecule has 0 heterocycles. The number of nitrogens with one attached hydrogen (secondary N) is 1. The molecule has 12 heteroatoms. The predicted molar refractivity (Wildman–Crippen MR) is 125 cm³/mol. The third-order valence-electron chi connectivity index (χ3n) is 4.88. The molecule has 3 aromatic carbocycles. The van der Waals surface area contributed by atoms with Gasteiger partial charge in [-0.2, -0.15) is 17.5 Å². The lowest BCUT2D eigenvalue weighted by atomic mass is 10.2. The smallest absolute Gasteiger partial charge is 0.325 e. The van der Waals surface area contributed by atoms with E-state index >= 15 is 0 Å². The van der Waals surface area contributed by atoms with Crippen molar-refractivity contribution in [2.24, 2.45) is 0 Å². The Morgan fingerprint density at radius 3 is 2.23 bits per heavy atom. The predicted octanol–water partition coefficient (Wildman–Crippen LogP) is 6.29. The number of benzene rings is 3. The second-order valence-corrected chi connectivity index (χ2v) is 10.3. The molecular weight excluding hydrogens is 531 g/mol. The SMILES string of the molecule is Cc1ccc(S(=O)(=O)N(CC(=O)Nc2ccc(F)c(C(F)(F)F)c2)Cc2ccc(Cl)c(Cl)c2)cc1. The van der Waals surface area contributed by atoms with Crippen LogP contribution in [0.15, 0.2) is 65.6 Å². The highest BCUT2D eigenvalue weighted by molar-refractivity contribution is 7.89. The third-order valence-corrected chi connectivity index (χ3v) is 7.42. The zero-order valence-corrected chi connectivity index (χ0v) is 20.4. The molecule has 0 aliphatic heterocycles. The Morgan fingerprint density at radius 1 is 0.971 bits per heavy atom. The van der Waals surface area contributed by atoms with Crippen LogP contribution in [0.4, 0.5) is 23.2 Å². The van der Waals surface area contributed by atoms with Gasteiger partial charge in [0, 0.05) is 12.2 Å². The Hall–Kier alpha value is -2.66. The van der Waals surface area contributed by atoms with Crippen LogP contribution < -0.4 is 5.32 Å². The maximum atomic E-state index is 13.5. The molecule has 186 valence electrons. The van der Waals surface area contributed by atoms with Crippen molar-refractivity contribution < 1.29 is 30.8 Å². The fourth-order valence-electron chi connectivity index (χ4n) is 3.11. The lowest BCUT2D eigenvalue weighted by Crippen LogP contribution is -2.37. The Bertz CT molecular complexity index is 1350. The van der Waals surface area contributed by atoms with Gasteiger partial charge < -0.3 is 5.32 Å². The first-order chi connectivity index (χ1) is 16.3. The molecule has 0 unspecified atom stereocenters. The highest BCUT2D eigenvalue weighted by Gasteiger charge is 2.34. The summed E-state index contributed by atoms with van der Waals surface area (Å²) in [4.78, 5) is 12.6. The third kappa shape index (κ3) is 6.72. The van der Waals surface area contributed by atoms with E-state index in [1.807, 2.05) is 0 Å². The van der Waals surface area contributed by atoms with Crippen LogP contribution in [0.5, 0.6) is 0 Å². The van der Waals surface area contributed by atoms with E-state index in [9.17, 15) is 30.8 Å². The number of sulfonamides is 1. The minimum atomic E-state index is -4.97. The minimum Gasteiger partial charge on any atom is -0.325 e. The number of carbonyl (C=O) groups excluding carboxylic acids is 1. The average molecular weight is 549 g/mol. The summed E-state index contributed by atoms with van der Waals surface area (Å²) in [6.45, 7) is 0.752. The number of halogens is 6. The van der Waals surface area contributed by atoms with Gasteiger partial charge in [0.1, 0.15) is 5.82 Å². The largest absolute Gasteiger partial charge is 0.419 e. The fourth-order valence-corrected chi connectivity index (χ4v) is 4.81. The number of alkyl halides is 3. The van der Waals surface area contributed by atoms with Crippen molar-refractivity contribution in [1.29, 1.82) is 0 Å². The Morgan fingerprint density at radius 2 is 1.63 bits per heavy atom. The van der Waals surface area contributed by atoms with E-state index < -0.39 is 40.0 Å². The maximum Gasteiger partial charge on any atom is 0.419 e. The second-order valence-electron chi connectivity index (χ2n) is 7.58. The van der Waals surface area contributed by atoms with Gasteiger partial charge in [-0.3, -0.25) is 4.79 Å². The monoisotopic (exact) mass is 548 g/mol. The number of hydrogen-bond acceptors (Lipinski definition) is 3. The van der Waals surface area contributed by atoms with E-state index in [-0.39, 0.29) is 27.2 Å². The Labute approximate surface area is 209 Å². The maximum absolute atomic E-state index is 13.5. The van der Waals surface area contributed by atoms with Crippen molar-refractivity contribution in [3.8, 4) is 0 Å². The molecule has 0 bridgehead atoms. The van der Waals surface area contributed by atoms with Crippen LogP contribution in [0.25, 0.3) is 0 Å². The summed E-state index contributed by atoms with van der Waals surface area (Å²) < 4.78 is 80.0. The first kappa shape index (κ1) is 26.9. The second kappa shape index (κ2) is 10.5. The van der Waals surface area contributed by atoms with E-state index in [2.05, 4.69) is 5.32 Å². The van der Waals surface area contributed by atoms with E-state index in [1.165, 1.54) is 30.3 Å². The van der Waals surface area contributed by atoms with Gasteiger partial charge in [0.15, 0.2) is 0 Å². The topological polar surface area (TPSA) is 66.5 Å². The van der Waals surface area contributed by atoms with Crippen LogP contribution >= 0.6 is 23.2 Å². The molecule has 0 spiro atoms. The number of anilines is 1. The first-order valence-electron chi connectivity index (χ1n) is 9.95. The van der Waals surface area contributed by atoms with E-state index in [0.717, 1.165) is 15.9 Å². The molecule has 0 radical (unpaired) electrons. The molecule has 0 fully saturated rings. The molecule has 0 atom stereocenters. The highest BCUT2D eigenvalue weighted by Crippen LogP contribution is 2.33. The van der Waals surface area contributed by atoms with Crippen LogP contribution in [0.3, 0.4) is 0 Å². The molecule has 1 N–H and O–H groups in total. The summed E-state index contributed by atoms with van der Waals surface area (Å²) in [6, 6.07) is 12.3. The van der Waals surface area contributed by atoms with E-state index in [4.69, 9.17) is 23.2 Å². The van der Waals surface area contributed by atoms with Crippen molar-refractivity contribution in [3.63, 3.8) is 0 Å². The van der Waals surface area contributed by atoms with E-state index in [0.29, 0.717) is 17.7 Å². The molecule has 35 heavy (non-hydrogen) atoms. The molecule has 0 aliphatic carbocycles. The number of aryl methyl sites for hydroxylation is 1. The molecule has 3 rings (SSSR count). The van der Waals surface area contributed by atoms with Crippen molar-refractivity contribution in [2.75, 3.05) is 11.9 Å². The van der Waals surface area contributed by atoms with Crippen LogP contribution in [0.1, 0.15) is 16.7 Å². The summed E-state index contributed by atoms with van der Waals surface area (Å²) in [5, 5.41) is 2.61. The number of amides is 1. The molecule has 5 nitrogen and oxygen atoms in total. The van der Waals surface area contributed by atoms with Gasteiger partial charge in [-0.15, -0.1) is 0 Å². The van der Waals surface area contributed by atoms with Gasteiger partial charge in [0.2, 0.25) is 15.9 Å². The fraction of sp³-hybridized carbons (Fsp3) is 0.174. The lowest BCUT2D eigenvalue weighted by Gasteiger charge is -2.22. The summed E-state index contributed by atoms with van der Waals surface area (Å²) in [7, 11) is -4.21. The number of hydrogen-bond donors (Lipinski definition) is 1. The summed E-state index contributed by atoms with van der Waals surface area (Å²) in [5.74, 6) is -2.43. The number of carbonyl (C=O) groups is 1. The van der Waals surface area contributed by atoms with Crippen molar-refractivity contribution in [2.45, 2.75) is 24.5 Å². The normalized spacial score (nSPS) is 12.1. The van der Waals surface area contributed by atoms with Gasteiger partial charge in [-0.1, -0.05) is 47.0 Å². The van der Waals surface area contributed by atoms with Crippen LogP contribution in [0, 0.1) is 12.7 Å². The number of nitrogens with zero attached hydrogens (tertiary/aromatic N) is 1. The zero-order valence-electron chi connectivity index (χ0n) is 18.0. The lowest BCUT2D eigenvalue weighted by molar-refractivity contribution is -0.140. The Balaban J connectivity index is 1.91. The van der Waals surface area contributed by atoms with Crippen LogP contribution in [0.2, 0.25) is 10.0 Å². The standard InChI is InChI=1S/C23H18Cl2F4N2O3S/c1-14-2-6-17(7-3-14)35(33,34)31(12-15-4-8-19(24)20(25)10-15)13-22(32)30-16-5-9-21(26)18(11-16)23(27,28)29/h2-11H,12-13H2,1H3,(H,30,32). The van der Waals surface area contributed by atoms with Gasteiger partial charge >= 0.3 is 6.18 Å². The molecule has 3 aromatic rings. The van der Waals surface area contributed by atoms with Gasteiger partial charge in [0.25, 0.3) is 0 Å². The zero-order chi connectivity index (χ0) is 26.0. The summed E-state index contributed by atoms with van der Waals surface area (Å²) in [6.07, 6.45) is -4.97. The molecule has 0 saturated carbocycles. The molecule has 0 aromatic heterocycles.